The highest BCUT2D eigenvalue weighted by Crippen LogP contribution is 2.32. The van der Waals surface area contributed by atoms with Crippen LogP contribution >= 0.6 is 0 Å². The van der Waals surface area contributed by atoms with Gasteiger partial charge in [-0.2, -0.15) is 4.31 Å². The maximum atomic E-state index is 13.5. The first-order valence-corrected chi connectivity index (χ1v) is 13.3. The van der Waals surface area contributed by atoms with Gasteiger partial charge in [-0.25, -0.2) is 13.4 Å². The van der Waals surface area contributed by atoms with E-state index in [2.05, 4.69) is 32.3 Å². The predicted octanol–water partition coefficient (Wildman–Crippen LogP) is 4.71. The van der Waals surface area contributed by atoms with E-state index in [1.54, 1.807) is 16.4 Å². The minimum atomic E-state index is -3.51. The fourth-order valence-electron chi connectivity index (χ4n) is 5.05. The van der Waals surface area contributed by atoms with Gasteiger partial charge in [0.1, 0.15) is 5.82 Å². The molecule has 7 heteroatoms. The molecule has 0 saturated carbocycles. The minimum Gasteiger partial charge on any atom is -0.381 e. The summed E-state index contributed by atoms with van der Waals surface area (Å²) in [5.74, 6) is 1.59. The van der Waals surface area contributed by atoms with Gasteiger partial charge >= 0.3 is 0 Å². The highest BCUT2D eigenvalue weighted by atomic mass is 32.2. The molecule has 4 rings (SSSR count). The SMILES string of the molecule is CCC1CCCCN1S(=O)(=O)c1ccc2c(c1)nc(C(C)(C)C)n2CC1CCOCC1. The number of benzene rings is 1. The number of rotatable bonds is 5. The van der Waals surface area contributed by atoms with Crippen molar-refractivity contribution in [1.29, 1.82) is 0 Å². The second-order valence-electron chi connectivity index (χ2n) is 10.2. The summed E-state index contributed by atoms with van der Waals surface area (Å²) in [6.45, 7) is 11.8. The van der Waals surface area contributed by atoms with Crippen molar-refractivity contribution in [3.05, 3.63) is 24.0 Å². The summed E-state index contributed by atoms with van der Waals surface area (Å²) in [5, 5.41) is 0. The molecule has 2 saturated heterocycles. The van der Waals surface area contributed by atoms with Crippen LogP contribution in [0.4, 0.5) is 0 Å². The van der Waals surface area contributed by atoms with Crippen molar-refractivity contribution < 1.29 is 13.2 Å². The van der Waals surface area contributed by atoms with Gasteiger partial charge in [-0.3, -0.25) is 0 Å². The number of ether oxygens (including phenoxy) is 1. The summed E-state index contributed by atoms with van der Waals surface area (Å²) in [5.41, 5.74) is 1.69. The lowest BCUT2D eigenvalue weighted by Crippen LogP contribution is -2.43. The maximum Gasteiger partial charge on any atom is 0.243 e. The van der Waals surface area contributed by atoms with E-state index in [-0.39, 0.29) is 11.5 Å². The smallest absolute Gasteiger partial charge is 0.243 e. The normalized spacial score (nSPS) is 22.3. The van der Waals surface area contributed by atoms with Crippen LogP contribution in [0, 0.1) is 5.92 Å². The van der Waals surface area contributed by atoms with Gasteiger partial charge in [-0.1, -0.05) is 34.1 Å². The molecule has 0 aliphatic carbocycles. The molecule has 1 aromatic heterocycles. The van der Waals surface area contributed by atoms with Crippen LogP contribution < -0.4 is 0 Å². The van der Waals surface area contributed by atoms with Crippen LogP contribution in [-0.2, 0) is 26.7 Å². The van der Waals surface area contributed by atoms with Crippen molar-refractivity contribution in [2.24, 2.45) is 5.92 Å². The standard InChI is InChI=1S/C24H37N3O3S/c1-5-19-8-6-7-13-27(19)31(28,29)20-9-10-22-21(16-20)25-23(24(2,3)4)26(22)17-18-11-14-30-15-12-18/h9-10,16,18-19H,5-8,11-15,17H2,1-4H3. The van der Waals surface area contributed by atoms with E-state index < -0.39 is 10.0 Å². The number of imidazole rings is 1. The van der Waals surface area contributed by atoms with Crippen molar-refractivity contribution in [2.75, 3.05) is 19.8 Å². The van der Waals surface area contributed by atoms with Crippen LogP contribution in [0.1, 0.15) is 72.0 Å². The molecule has 3 heterocycles. The second kappa shape index (κ2) is 8.83. The van der Waals surface area contributed by atoms with Crippen molar-refractivity contribution in [1.82, 2.24) is 13.9 Å². The van der Waals surface area contributed by atoms with Crippen LogP contribution in [0.25, 0.3) is 11.0 Å². The lowest BCUT2D eigenvalue weighted by atomic mass is 9.94. The molecular weight excluding hydrogens is 410 g/mol. The largest absolute Gasteiger partial charge is 0.381 e. The highest BCUT2D eigenvalue weighted by molar-refractivity contribution is 7.89. The van der Waals surface area contributed by atoms with Crippen LogP contribution in [0.3, 0.4) is 0 Å². The number of fused-ring (bicyclic) bond motifs is 1. The topological polar surface area (TPSA) is 64.4 Å². The highest BCUT2D eigenvalue weighted by Gasteiger charge is 2.33. The molecule has 1 atom stereocenters. The van der Waals surface area contributed by atoms with Crippen LogP contribution in [-0.4, -0.2) is 48.1 Å². The molecule has 31 heavy (non-hydrogen) atoms. The molecular formula is C24H37N3O3S. The molecule has 0 spiro atoms. The molecule has 6 nitrogen and oxygen atoms in total. The number of nitrogens with zero attached hydrogens (tertiary/aromatic N) is 3. The number of aromatic nitrogens is 2. The van der Waals surface area contributed by atoms with Crippen molar-refractivity contribution in [3.63, 3.8) is 0 Å². The average molecular weight is 448 g/mol. The molecule has 2 fully saturated rings. The zero-order valence-corrected chi connectivity index (χ0v) is 20.2. The Morgan fingerprint density at radius 2 is 1.87 bits per heavy atom. The number of hydrogen-bond acceptors (Lipinski definition) is 4. The Morgan fingerprint density at radius 3 is 2.55 bits per heavy atom. The van der Waals surface area contributed by atoms with Gasteiger partial charge in [0.15, 0.2) is 0 Å². The summed E-state index contributed by atoms with van der Waals surface area (Å²) in [6, 6.07) is 5.65. The molecule has 2 aliphatic heterocycles. The Kier molecular flexibility index (Phi) is 6.48. The second-order valence-corrected chi connectivity index (χ2v) is 12.1. The number of piperidine rings is 1. The van der Waals surface area contributed by atoms with Gasteiger partial charge < -0.3 is 9.30 Å². The van der Waals surface area contributed by atoms with Crippen LogP contribution in [0.2, 0.25) is 0 Å². The van der Waals surface area contributed by atoms with E-state index in [1.807, 2.05) is 6.07 Å². The third kappa shape index (κ3) is 4.55. The average Bonchev–Trinajstić information content (AvgIpc) is 3.12. The molecule has 172 valence electrons. The van der Waals surface area contributed by atoms with Gasteiger partial charge in [0.25, 0.3) is 0 Å². The predicted molar refractivity (Wildman–Crippen MR) is 124 cm³/mol. The van der Waals surface area contributed by atoms with Crippen LogP contribution in [0.15, 0.2) is 23.1 Å². The third-order valence-electron chi connectivity index (χ3n) is 6.82. The third-order valence-corrected chi connectivity index (χ3v) is 8.77. The molecule has 0 bridgehead atoms. The summed E-state index contributed by atoms with van der Waals surface area (Å²) < 4.78 is 36.5. The van der Waals surface area contributed by atoms with Crippen LogP contribution in [0.5, 0.6) is 0 Å². The summed E-state index contributed by atoms with van der Waals surface area (Å²) in [4.78, 5) is 5.33. The fraction of sp³-hybridized carbons (Fsp3) is 0.708. The van der Waals surface area contributed by atoms with E-state index >= 15 is 0 Å². The maximum absolute atomic E-state index is 13.5. The molecule has 0 radical (unpaired) electrons. The zero-order valence-electron chi connectivity index (χ0n) is 19.4. The first-order valence-electron chi connectivity index (χ1n) is 11.8. The molecule has 0 N–H and O–H groups in total. The number of sulfonamides is 1. The first-order chi connectivity index (χ1) is 14.7. The van der Waals surface area contributed by atoms with Gasteiger partial charge in [0, 0.05) is 37.8 Å². The minimum absolute atomic E-state index is 0.102. The molecule has 0 amide bonds. The summed E-state index contributed by atoms with van der Waals surface area (Å²) in [7, 11) is -3.51. The molecule has 1 aromatic carbocycles. The lowest BCUT2D eigenvalue weighted by molar-refractivity contribution is 0.0611. The Morgan fingerprint density at radius 1 is 1.13 bits per heavy atom. The van der Waals surface area contributed by atoms with E-state index in [9.17, 15) is 8.42 Å². The Hall–Kier alpha value is -1.44. The lowest BCUT2D eigenvalue weighted by Gasteiger charge is -2.34. The van der Waals surface area contributed by atoms with E-state index in [1.165, 1.54) is 0 Å². The monoisotopic (exact) mass is 447 g/mol. The van der Waals surface area contributed by atoms with Gasteiger partial charge in [-0.05, 0) is 56.2 Å². The van der Waals surface area contributed by atoms with Gasteiger partial charge in [0.2, 0.25) is 10.0 Å². The quantitative estimate of drug-likeness (QED) is 0.666. The summed E-state index contributed by atoms with van der Waals surface area (Å²) >= 11 is 0. The zero-order chi connectivity index (χ0) is 22.2. The summed E-state index contributed by atoms with van der Waals surface area (Å²) in [6.07, 6.45) is 5.97. The van der Waals surface area contributed by atoms with E-state index in [4.69, 9.17) is 9.72 Å². The van der Waals surface area contributed by atoms with Gasteiger partial charge in [0.05, 0.1) is 15.9 Å². The van der Waals surface area contributed by atoms with Gasteiger partial charge in [-0.15, -0.1) is 0 Å². The Balaban J connectivity index is 1.73. The van der Waals surface area contributed by atoms with E-state index in [0.29, 0.717) is 17.4 Å². The van der Waals surface area contributed by atoms with E-state index in [0.717, 1.165) is 75.1 Å². The first kappa shape index (κ1) is 22.7. The molecule has 2 aliphatic rings. The van der Waals surface area contributed by atoms with Crippen molar-refractivity contribution >= 4 is 21.1 Å². The fourth-order valence-corrected chi connectivity index (χ4v) is 6.84. The molecule has 1 unspecified atom stereocenters. The number of hydrogen-bond donors (Lipinski definition) is 0. The molecule has 2 aromatic rings. The Bertz CT molecular complexity index is 1020. The Labute approximate surface area is 187 Å². The van der Waals surface area contributed by atoms with Crippen molar-refractivity contribution in [3.8, 4) is 0 Å². The van der Waals surface area contributed by atoms with Crippen molar-refractivity contribution in [2.45, 2.75) is 89.1 Å².